The highest BCUT2D eigenvalue weighted by atomic mass is 32.2. The van der Waals surface area contributed by atoms with Crippen molar-refractivity contribution in [3.63, 3.8) is 0 Å². The van der Waals surface area contributed by atoms with Crippen molar-refractivity contribution in [1.82, 2.24) is 4.31 Å². The van der Waals surface area contributed by atoms with Gasteiger partial charge in [-0.25, -0.2) is 8.42 Å². The monoisotopic (exact) mass is 270 g/mol. The average Bonchev–Trinajstić information content (AvgIpc) is 2.31. The van der Waals surface area contributed by atoms with Crippen LogP contribution in [0.4, 0.5) is 5.69 Å². The molecule has 5 heteroatoms. The van der Waals surface area contributed by atoms with E-state index in [0.717, 1.165) is 12.0 Å². The van der Waals surface area contributed by atoms with E-state index >= 15 is 0 Å². The van der Waals surface area contributed by atoms with Gasteiger partial charge in [0.1, 0.15) is 0 Å². The SMILES string of the molecule is CCC(C)(C)N(C)S(=O)(=O)c1ccc(C)c(N)c1. The van der Waals surface area contributed by atoms with Crippen LogP contribution in [0.2, 0.25) is 0 Å². The van der Waals surface area contributed by atoms with Crippen molar-refractivity contribution in [3.05, 3.63) is 23.8 Å². The predicted octanol–water partition coefficient (Wildman–Crippen LogP) is 2.39. The van der Waals surface area contributed by atoms with Crippen molar-refractivity contribution >= 4 is 15.7 Å². The van der Waals surface area contributed by atoms with E-state index in [2.05, 4.69) is 0 Å². The molecule has 1 aromatic carbocycles. The van der Waals surface area contributed by atoms with Gasteiger partial charge >= 0.3 is 0 Å². The van der Waals surface area contributed by atoms with Crippen LogP contribution in [0.25, 0.3) is 0 Å². The van der Waals surface area contributed by atoms with Gasteiger partial charge in [0.05, 0.1) is 4.90 Å². The summed E-state index contributed by atoms with van der Waals surface area (Å²) in [4.78, 5) is 0.245. The van der Waals surface area contributed by atoms with Gasteiger partial charge in [-0.15, -0.1) is 0 Å². The summed E-state index contributed by atoms with van der Waals surface area (Å²) in [6, 6.07) is 4.85. The summed E-state index contributed by atoms with van der Waals surface area (Å²) in [6.45, 7) is 7.63. The van der Waals surface area contributed by atoms with Crippen molar-refractivity contribution in [2.75, 3.05) is 12.8 Å². The standard InChI is InChI=1S/C13H22N2O2S/c1-6-13(3,4)15(5)18(16,17)11-8-7-10(2)12(14)9-11/h7-9H,6,14H2,1-5H3. The first-order valence-corrected chi connectivity index (χ1v) is 7.42. The molecule has 0 saturated heterocycles. The van der Waals surface area contributed by atoms with Crippen LogP contribution in [-0.2, 0) is 10.0 Å². The highest BCUT2D eigenvalue weighted by Gasteiger charge is 2.32. The van der Waals surface area contributed by atoms with Crippen LogP contribution >= 0.6 is 0 Å². The molecular formula is C13H22N2O2S. The first kappa shape index (κ1) is 15.0. The van der Waals surface area contributed by atoms with E-state index in [0.29, 0.717) is 5.69 Å². The zero-order valence-corrected chi connectivity index (χ0v) is 12.5. The molecule has 0 atom stereocenters. The number of hydrogen-bond acceptors (Lipinski definition) is 3. The number of aryl methyl sites for hydroxylation is 1. The minimum absolute atomic E-state index is 0.245. The topological polar surface area (TPSA) is 63.4 Å². The maximum Gasteiger partial charge on any atom is 0.243 e. The van der Waals surface area contributed by atoms with Crippen LogP contribution in [0.3, 0.4) is 0 Å². The number of rotatable bonds is 4. The zero-order chi connectivity index (χ0) is 14.1. The van der Waals surface area contributed by atoms with E-state index in [1.807, 2.05) is 27.7 Å². The van der Waals surface area contributed by atoms with Gasteiger partial charge in [0, 0.05) is 18.3 Å². The highest BCUT2D eigenvalue weighted by Crippen LogP contribution is 2.26. The summed E-state index contributed by atoms with van der Waals surface area (Å²) in [5, 5.41) is 0. The van der Waals surface area contributed by atoms with E-state index < -0.39 is 15.6 Å². The third-order valence-corrected chi connectivity index (χ3v) is 5.69. The molecule has 0 saturated carbocycles. The lowest BCUT2D eigenvalue weighted by molar-refractivity contribution is 0.257. The molecule has 0 aliphatic heterocycles. The highest BCUT2D eigenvalue weighted by molar-refractivity contribution is 7.89. The second-order valence-electron chi connectivity index (χ2n) is 5.16. The molecule has 0 aliphatic carbocycles. The Kier molecular flexibility index (Phi) is 4.08. The molecule has 102 valence electrons. The molecule has 0 heterocycles. The van der Waals surface area contributed by atoms with Gasteiger partial charge in [-0.05, 0) is 44.9 Å². The number of benzene rings is 1. The first-order valence-electron chi connectivity index (χ1n) is 5.98. The Labute approximate surface area is 110 Å². The number of nitrogen functional groups attached to an aromatic ring is 1. The lowest BCUT2D eigenvalue weighted by Crippen LogP contribution is -2.44. The number of nitrogens with zero attached hydrogens (tertiary/aromatic N) is 1. The number of hydrogen-bond donors (Lipinski definition) is 1. The van der Waals surface area contributed by atoms with Crippen LogP contribution in [0, 0.1) is 6.92 Å². The average molecular weight is 270 g/mol. The van der Waals surface area contributed by atoms with E-state index in [9.17, 15) is 8.42 Å². The molecule has 4 nitrogen and oxygen atoms in total. The lowest BCUT2D eigenvalue weighted by Gasteiger charge is -2.33. The van der Waals surface area contributed by atoms with Crippen molar-refractivity contribution in [1.29, 1.82) is 0 Å². The summed E-state index contributed by atoms with van der Waals surface area (Å²) in [5.41, 5.74) is 6.74. The van der Waals surface area contributed by atoms with Crippen LogP contribution in [-0.4, -0.2) is 25.3 Å². The smallest absolute Gasteiger partial charge is 0.243 e. The molecule has 0 unspecified atom stereocenters. The molecule has 0 aliphatic rings. The molecule has 0 fully saturated rings. The summed E-state index contributed by atoms with van der Waals surface area (Å²) < 4.78 is 26.4. The fraction of sp³-hybridized carbons (Fsp3) is 0.538. The quantitative estimate of drug-likeness (QED) is 0.854. The van der Waals surface area contributed by atoms with Gasteiger partial charge in [0.2, 0.25) is 10.0 Å². The number of anilines is 1. The number of nitrogens with two attached hydrogens (primary N) is 1. The summed E-state index contributed by atoms with van der Waals surface area (Å²) >= 11 is 0. The summed E-state index contributed by atoms with van der Waals surface area (Å²) in [6.07, 6.45) is 0.740. The fourth-order valence-corrected chi connectivity index (χ4v) is 3.10. The predicted molar refractivity (Wildman–Crippen MR) is 74.9 cm³/mol. The maximum atomic E-state index is 12.5. The first-order chi connectivity index (χ1) is 8.13. The zero-order valence-electron chi connectivity index (χ0n) is 11.7. The van der Waals surface area contributed by atoms with Gasteiger partial charge < -0.3 is 5.73 Å². The van der Waals surface area contributed by atoms with Crippen molar-refractivity contribution in [2.45, 2.75) is 44.6 Å². The minimum atomic E-state index is -3.49. The lowest BCUT2D eigenvalue weighted by atomic mass is 10.0. The normalized spacial score (nSPS) is 13.0. The minimum Gasteiger partial charge on any atom is -0.398 e. The van der Waals surface area contributed by atoms with Crippen LogP contribution in [0.15, 0.2) is 23.1 Å². The molecule has 2 N–H and O–H groups in total. The third kappa shape index (κ3) is 2.67. The van der Waals surface area contributed by atoms with Gasteiger partial charge in [-0.3, -0.25) is 0 Å². The van der Waals surface area contributed by atoms with E-state index in [4.69, 9.17) is 5.73 Å². The molecule has 0 aromatic heterocycles. The molecule has 1 aromatic rings. The molecule has 0 amide bonds. The molecule has 0 bridgehead atoms. The maximum absolute atomic E-state index is 12.5. The second-order valence-corrected chi connectivity index (χ2v) is 7.13. The Morgan fingerprint density at radius 3 is 2.33 bits per heavy atom. The van der Waals surface area contributed by atoms with Crippen molar-refractivity contribution in [3.8, 4) is 0 Å². The molecular weight excluding hydrogens is 248 g/mol. The van der Waals surface area contributed by atoms with Crippen LogP contribution in [0.1, 0.15) is 32.8 Å². The fourth-order valence-electron chi connectivity index (χ4n) is 1.49. The Bertz CT molecular complexity index is 536. The summed E-state index contributed by atoms with van der Waals surface area (Å²) in [7, 11) is -1.89. The largest absolute Gasteiger partial charge is 0.398 e. The molecule has 0 spiro atoms. The summed E-state index contributed by atoms with van der Waals surface area (Å²) in [5.74, 6) is 0. The Morgan fingerprint density at radius 1 is 1.33 bits per heavy atom. The second kappa shape index (κ2) is 4.90. The van der Waals surface area contributed by atoms with Gasteiger partial charge in [-0.1, -0.05) is 13.0 Å². The van der Waals surface area contributed by atoms with E-state index in [1.54, 1.807) is 19.2 Å². The Hall–Kier alpha value is -1.07. The van der Waals surface area contributed by atoms with E-state index in [-0.39, 0.29) is 4.90 Å². The van der Waals surface area contributed by atoms with Crippen molar-refractivity contribution in [2.24, 2.45) is 0 Å². The van der Waals surface area contributed by atoms with Crippen LogP contribution in [0.5, 0.6) is 0 Å². The third-order valence-electron chi connectivity index (χ3n) is 3.63. The molecule has 1 rings (SSSR count). The van der Waals surface area contributed by atoms with Gasteiger partial charge in [0.15, 0.2) is 0 Å². The van der Waals surface area contributed by atoms with Crippen molar-refractivity contribution < 1.29 is 8.42 Å². The number of sulfonamides is 1. The van der Waals surface area contributed by atoms with Gasteiger partial charge in [0.25, 0.3) is 0 Å². The Morgan fingerprint density at radius 2 is 1.89 bits per heavy atom. The van der Waals surface area contributed by atoms with E-state index in [1.165, 1.54) is 10.4 Å². The molecule has 0 radical (unpaired) electrons. The molecule has 18 heavy (non-hydrogen) atoms. The van der Waals surface area contributed by atoms with Gasteiger partial charge in [-0.2, -0.15) is 4.31 Å². The van der Waals surface area contributed by atoms with Crippen LogP contribution < -0.4 is 5.73 Å². The Balaban J connectivity index is 3.26.